The van der Waals surface area contributed by atoms with Gasteiger partial charge in [-0.1, -0.05) is 0 Å². The van der Waals surface area contributed by atoms with E-state index in [-0.39, 0.29) is 13.2 Å². The molecule has 0 saturated carbocycles. The van der Waals surface area contributed by atoms with E-state index >= 15 is 0 Å². The number of fused-ring (bicyclic) bond motifs is 1. The highest BCUT2D eigenvalue weighted by Crippen LogP contribution is 2.28. The molecule has 132 valence electrons. The molecule has 2 heterocycles. The van der Waals surface area contributed by atoms with Crippen LogP contribution in [-0.2, 0) is 19.0 Å². The van der Waals surface area contributed by atoms with Crippen molar-refractivity contribution in [3.8, 4) is 0 Å². The lowest BCUT2D eigenvalue weighted by atomic mass is 10.1. The van der Waals surface area contributed by atoms with Gasteiger partial charge in [-0.2, -0.15) is 0 Å². The predicted molar refractivity (Wildman–Crippen MR) is 75.2 cm³/mol. The third kappa shape index (κ3) is 5.19. The molecule has 0 spiro atoms. The van der Waals surface area contributed by atoms with E-state index in [0.717, 1.165) is 0 Å². The molecule has 2 rings (SSSR count). The number of carbonyl (C=O) groups is 1. The lowest BCUT2D eigenvalue weighted by molar-refractivity contribution is -0.767. The molecule has 0 aromatic carbocycles. The molecule has 0 bridgehead atoms. The minimum atomic E-state index is -0.806. The summed E-state index contributed by atoms with van der Waals surface area (Å²) in [5.74, 6) is 0. The third-order valence-electron chi connectivity index (χ3n) is 3.81. The molecule has 0 radical (unpaired) electrons. The van der Waals surface area contributed by atoms with Crippen molar-refractivity contribution in [1.29, 1.82) is 0 Å². The first kappa shape index (κ1) is 17.7. The summed E-state index contributed by atoms with van der Waals surface area (Å²) in [5.41, 5.74) is 0. The van der Waals surface area contributed by atoms with Gasteiger partial charge in [-0.3, -0.25) is 0 Å². The number of hydrogen-bond acceptors (Lipinski definition) is 8. The number of nitrogens with zero attached hydrogens (tertiary/aromatic N) is 1. The van der Waals surface area contributed by atoms with Gasteiger partial charge in [0.2, 0.25) is 0 Å². The zero-order chi connectivity index (χ0) is 16.8. The van der Waals surface area contributed by atoms with Crippen LogP contribution in [0.25, 0.3) is 0 Å². The number of unbranched alkanes of at least 4 members (excludes halogenated alkanes) is 1. The number of alkyl carbamates (subject to hydrolysis) is 1. The van der Waals surface area contributed by atoms with Crippen LogP contribution in [0.15, 0.2) is 0 Å². The van der Waals surface area contributed by atoms with Crippen molar-refractivity contribution < 1.29 is 34.0 Å². The Balaban J connectivity index is 1.55. The highest BCUT2D eigenvalue weighted by Gasteiger charge is 2.48. The van der Waals surface area contributed by atoms with Crippen molar-refractivity contribution >= 4 is 6.09 Å². The number of ether oxygens (including phenoxy) is 3. The summed E-state index contributed by atoms with van der Waals surface area (Å²) in [6, 6.07) is 0. The smallest absolute Gasteiger partial charge is 0.407 e. The fourth-order valence-electron chi connectivity index (χ4n) is 2.67. The van der Waals surface area contributed by atoms with Crippen LogP contribution in [0.2, 0.25) is 0 Å². The van der Waals surface area contributed by atoms with E-state index in [9.17, 15) is 20.0 Å². The van der Waals surface area contributed by atoms with E-state index in [0.29, 0.717) is 25.8 Å². The number of rotatable bonds is 8. The van der Waals surface area contributed by atoms with Crippen molar-refractivity contribution in [2.45, 2.75) is 56.7 Å². The number of amides is 1. The summed E-state index contributed by atoms with van der Waals surface area (Å²) in [4.78, 5) is 26.2. The van der Waals surface area contributed by atoms with Crippen LogP contribution in [0, 0.1) is 10.1 Å². The molecule has 0 aromatic rings. The molecular formula is C13H22N2O8. The average Bonchev–Trinajstić information content (AvgIpc) is 3.02. The standard InChI is InChI=1S/C13H22N2O8/c1-8(23-15(18)19)4-2-3-5-14-13(17)22-10-7-21-11-9(16)6-20-12(10)11/h8-12,16H,2-7H2,1H3,(H,14,17)/t8?,9-,10-,11-,12-/m1/s1. The maximum atomic E-state index is 11.7. The fraction of sp³-hybridized carbons (Fsp3) is 0.923. The second-order valence-corrected chi connectivity index (χ2v) is 5.67. The topological polar surface area (TPSA) is 129 Å². The van der Waals surface area contributed by atoms with Crippen molar-refractivity contribution in [1.82, 2.24) is 5.32 Å². The normalized spacial score (nSPS) is 30.5. The molecule has 23 heavy (non-hydrogen) atoms. The molecule has 1 amide bonds. The van der Waals surface area contributed by atoms with Crippen LogP contribution in [0.4, 0.5) is 4.79 Å². The molecule has 0 aromatic heterocycles. The number of aliphatic hydroxyl groups excluding tert-OH is 1. The highest BCUT2D eigenvalue weighted by molar-refractivity contribution is 5.67. The lowest BCUT2D eigenvalue weighted by Crippen LogP contribution is -2.37. The van der Waals surface area contributed by atoms with Gasteiger partial charge in [0.25, 0.3) is 5.09 Å². The van der Waals surface area contributed by atoms with Crippen molar-refractivity contribution in [2.75, 3.05) is 19.8 Å². The average molecular weight is 334 g/mol. The summed E-state index contributed by atoms with van der Waals surface area (Å²) < 4.78 is 15.9. The van der Waals surface area contributed by atoms with Crippen LogP contribution in [-0.4, -0.2) is 66.6 Å². The summed E-state index contributed by atoms with van der Waals surface area (Å²) in [5, 5.41) is 21.5. The molecular weight excluding hydrogens is 312 g/mol. The van der Waals surface area contributed by atoms with E-state index in [1.165, 1.54) is 0 Å². The van der Waals surface area contributed by atoms with Gasteiger partial charge >= 0.3 is 6.09 Å². The number of aliphatic hydroxyl groups is 1. The van der Waals surface area contributed by atoms with Gasteiger partial charge in [0.05, 0.1) is 13.2 Å². The monoisotopic (exact) mass is 334 g/mol. The summed E-state index contributed by atoms with van der Waals surface area (Å²) in [6.45, 7) is 2.41. The van der Waals surface area contributed by atoms with E-state index in [1.54, 1.807) is 6.92 Å². The highest BCUT2D eigenvalue weighted by atomic mass is 17.0. The molecule has 2 saturated heterocycles. The van der Waals surface area contributed by atoms with Crippen molar-refractivity contribution in [3.63, 3.8) is 0 Å². The Morgan fingerprint density at radius 3 is 2.87 bits per heavy atom. The summed E-state index contributed by atoms with van der Waals surface area (Å²) in [7, 11) is 0. The minimum Gasteiger partial charge on any atom is -0.441 e. The minimum absolute atomic E-state index is 0.182. The van der Waals surface area contributed by atoms with Crippen LogP contribution >= 0.6 is 0 Å². The Bertz CT molecular complexity index is 421. The molecule has 2 N–H and O–H groups in total. The van der Waals surface area contributed by atoms with E-state index in [4.69, 9.17) is 14.2 Å². The van der Waals surface area contributed by atoms with Gasteiger partial charge in [0.1, 0.15) is 24.4 Å². The maximum Gasteiger partial charge on any atom is 0.407 e. The largest absolute Gasteiger partial charge is 0.441 e. The zero-order valence-electron chi connectivity index (χ0n) is 12.9. The Morgan fingerprint density at radius 2 is 2.13 bits per heavy atom. The van der Waals surface area contributed by atoms with E-state index in [1.807, 2.05) is 0 Å². The van der Waals surface area contributed by atoms with Gasteiger partial charge < -0.3 is 29.5 Å². The SMILES string of the molecule is CC(CCCCNC(=O)O[C@@H]1CO[C@H]2[C@@H]1OC[C@H]2O)O[N+](=O)[O-]. The van der Waals surface area contributed by atoms with Crippen LogP contribution < -0.4 is 5.32 Å². The second-order valence-electron chi connectivity index (χ2n) is 5.67. The van der Waals surface area contributed by atoms with Crippen LogP contribution in [0.5, 0.6) is 0 Å². The van der Waals surface area contributed by atoms with Gasteiger partial charge in [0.15, 0.2) is 6.10 Å². The quantitative estimate of drug-likeness (QED) is 0.361. The lowest BCUT2D eigenvalue weighted by Gasteiger charge is -2.17. The summed E-state index contributed by atoms with van der Waals surface area (Å²) in [6.07, 6.45) is -1.22. The van der Waals surface area contributed by atoms with E-state index < -0.39 is 41.7 Å². The Labute approximate surface area is 133 Å². The van der Waals surface area contributed by atoms with Gasteiger partial charge in [-0.15, -0.1) is 10.1 Å². The van der Waals surface area contributed by atoms with Crippen LogP contribution in [0.1, 0.15) is 26.2 Å². The number of nitrogens with one attached hydrogen (secondary N) is 1. The molecule has 10 heteroatoms. The molecule has 10 nitrogen and oxygen atoms in total. The van der Waals surface area contributed by atoms with Crippen LogP contribution in [0.3, 0.4) is 0 Å². The molecule has 2 aliphatic rings. The Kier molecular flexibility index (Phi) is 6.37. The molecule has 2 aliphatic heterocycles. The predicted octanol–water partition coefficient (Wildman–Crippen LogP) is 0.00680. The Morgan fingerprint density at radius 1 is 1.39 bits per heavy atom. The molecule has 0 aliphatic carbocycles. The van der Waals surface area contributed by atoms with Crippen molar-refractivity contribution in [2.24, 2.45) is 0 Å². The zero-order valence-corrected chi connectivity index (χ0v) is 12.9. The molecule has 5 atom stereocenters. The second kappa shape index (κ2) is 8.27. The third-order valence-corrected chi connectivity index (χ3v) is 3.81. The molecule has 1 unspecified atom stereocenters. The maximum absolute atomic E-state index is 11.7. The number of carbonyl (C=O) groups excluding carboxylic acids is 1. The number of hydrogen-bond donors (Lipinski definition) is 2. The first-order valence-electron chi connectivity index (χ1n) is 7.64. The van der Waals surface area contributed by atoms with E-state index in [2.05, 4.69) is 10.2 Å². The Hall–Kier alpha value is -1.65. The summed E-state index contributed by atoms with van der Waals surface area (Å²) >= 11 is 0. The first-order valence-corrected chi connectivity index (χ1v) is 7.64. The first-order chi connectivity index (χ1) is 11.0. The van der Waals surface area contributed by atoms with Gasteiger partial charge in [-0.05, 0) is 26.2 Å². The fourth-order valence-corrected chi connectivity index (χ4v) is 2.67. The van der Waals surface area contributed by atoms with Gasteiger partial charge in [-0.25, -0.2) is 4.79 Å². The molecule has 2 fully saturated rings. The van der Waals surface area contributed by atoms with Gasteiger partial charge in [0, 0.05) is 6.54 Å². The van der Waals surface area contributed by atoms with Crippen molar-refractivity contribution in [3.05, 3.63) is 10.1 Å².